The summed E-state index contributed by atoms with van der Waals surface area (Å²) in [5, 5.41) is 3.10. The molecule has 1 heterocycles. The van der Waals surface area contributed by atoms with Crippen LogP contribution in [0.5, 0.6) is 0 Å². The molecule has 3 aromatic rings. The van der Waals surface area contributed by atoms with E-state index in [1.165, 1.54) is 5.56 Å². The van der Waals surface area contributed by atoms with Crippen molar-refractivity contribution in [2.45, 2.75) is 32.2 Å². The molecule has 124 valence electrons. The average molecular weight is 321 g/mol. The van der Waals surface area contributed by atoms with Crippen LogP contribution in [0.15, 0.2) is 60.9 Å². The fraction of sp³-hybridized carbons (Fsp3) is 0.300. The van der Waals surface area contributed by atoms with Crippen LogP contribution < -0.4 is 5.32 Å². The molecule has 4 nitrogen and oxygen atoms in total. The van der Waals surface area contributed by atoms with Gasteiger partial charge in [0.2, 0.25) is 5.91 Å². The molecule has 1 N–H and O–H groups in total. The van der Waals surface area contributed by atoms with Gasteiger partial charge in [0, 0.05) is 12.5 Å². The summed E-state index contributed by atoms with van der Waals surface area (Å²) in [5.74, 6) is 0.356. The van der Waals surface area contributed by atoms with Crippen molar-refractivity contribution in [3.05, 3.63) is 66.5 Å². The number of hydrogen-bond donors (Lipinski definition) is 1. The molecule has 0 aliphatic heterocycles. The van der Waals surface area contributed by atoms with E-state index < -0.39 is 0 Å². The topological polar surface area (TPSA) is 46.9 Å². The van der Waals surface area contributed by atoms with Gasteiger partial charge in [-0.3, -0.25) is 4.79 Å². The summed E-state index contributed by atoms with van der Waals surface area (Å²) in [6.45, 7) is 4.71. The summed E-state index contributed by atoms with van der Waals surface area (Å²) in [6, 6.07) is 17.9. The molecule has 0 bridgehead atoms. The SMILES string of the molecule is CCC(CNC(=O)C(C)n1cnc2ccccc21)c1ccccc1. The first-order valence-corrected chi connectivity index (χ1v) is 8.45. The molecule has 4 heteroatoms. The molecular formula is C20H23N3O. The first-order valence-electron chi connectivity index (χ1n) is 8.45. The Labute approximate surface area is 142 Å². The molecule has 3 rings (SSSR count). The molecule has 0 saturated heterocycles. The molecule has 2 aromatic carbocycles. The number of carbonyl (C=O) groups excluding carboxylic acids is 1. The lowest BCUT2D eigenvalue weighted by Crippen LogP contribution is -2.33. The lowest BCUT2D eigenvalue weighted by atomic mass is 9.96. The normalized spacial score (nSPS) is 13.6. The number of para-hydroxylation sites is 2. The molecule has 0 radical (unpaired) electrons. The molecule has 24 heavy (non-hydrogen) atoms. The number of amides is 1. The third-order valence-electron chi connectivity index (χ3n) is 4.56. The monoisotopic (exact) mass is 321 g/mol. The van der Waals surface area contributed by atoms with Crippen LogP contribution in [0.25, 0.3) is 11.0 Å². The predicted molar refractivity (Wildman–Crippen MR) is 96.9 cm³/mol. The number of carbonyl (C=O) groups is 1. The molecule has 0 aliphatic carbocycles. The maximum absolute atomic E-state index is 12.6. The smallest absolute Gasteiger partial charge is 0.242 e. The van der Waals surface area contributed by atoms with Gasteiger partial charge in [-0.15, -0.1) is 0 Å². The third kappa shape index (κ3) is 3.32. The van der Waals surface area contributed by atoms with Gasteiger partial charge in [0.1, 0.15) is 6.04 Å². The van der Waals surface area contributed by atoms with E-state index in [-0.39, 0.29) is 11.9 Å². The Morgan fingerprint density at radius 1 is 1.12 bits per heavy atom. The number of aromatic nitrogens is 2. The molecule has 2 atom stereocenters. The van der Waals surface area contributed by atoms with Crippen molar-refractivity contribution < 1.29 is 4.79 Å². The highest BCUT2D eigenvalue weighted by Gasteiger charge is 2.18. The fourth-order valence-electron chi connectivity index (χ4n) is 3.01. The fourth-order valence-corrected chi connectivity index (χ4v) is 3.01. The second kappa shape index (κ2) is 7.30. The lowest BCUT2D eigenvalue weighted by molar-refractivity contribution is -0.123. The number of benzene rings is 2. The van der Waals surface area contributed by atoms with Gasteiger partial charge >= 0.3 is 0 Å². The van der Waals surface area contributed by atoms with Crippen LogP contribution in [0.3, 0.4) is 0 Å². The number of nitrogens with one attached hydrogen (secondary N) is 1. The van der Waals surface area contributed by atoms with Gasteiger partial charge in [-0.05, 0) is 31.0 Å². The van der Waals surface area contributed by atoms with Crippen LogP contribution in [-0.2, 0) is 4.79 Å². The zero-order valence-corrected chi connectivity index (χ0v) is 14.1. The molecule has 1 amide bonds. The molecule has 2 unspecified atom stereocenters. The van der Waals surface area contributed by atoms with Crippen LogP contribution in [0.1, 0.15) is 37.8 Å². The zero-order chi connectivity index (χ0) is 16.9. The van der Waals surface area contributed by atoms with E-state index in [9.17, 15) is 4.79 Å². The Hall–Kier alpha value is -2.62. The molecular weight excluding hydrogens is 298 g/mol. The quantitative estimate of drug-likeness (QED) is 0.748. The van der Waals surface area contributed by atoms with E-state index in [0.29, 0.717) is 12.5 Å². The maximum Gasteiger partial charge on any atom is 0.242 e. The summed E-state index contributed by atoms with van der Waals surface area (Å²) >= 11 is 0. The minimum absolute atomic E-state index is 0.0209. The van der Waals surface area contributed by atoms with E-state index in [2.05, 4.69) is 29.4 Å². The summed E-state index contributed by atoms with van der Waals surface area (Å²) in [7, 11) is 0. The van der Waals surface area contributed by atoms with Crippen LogP contribution in [0, 0.1) is 0 Å². The van der Waals surface area contributed by atoms with E-state index in [1.807, 2.05) is 54.0 Å². The highest BCUT2D eigenvalue weighted by molar-refractivity contribution is 5.83. The largest absolute Gasteiger partial charge is 0.354 e. The Morgan fingerprint density at radius 2 is 1.83 bits per heavy atom. The number of hydrogen-bond acceptors (Lipinski definition) is 2. The number of rotatable bonds is 6. The van der Waals surface area contributed by atoms with Crippen LogP contribution in [0.2, 0.25) is 0 Å². The average Bonchev–Trinajstić information content (AvgIpc) is 3.06. The highest BCUT2D eigenvalue weighted by Crippen LogP contribution is 2.20. The number of fused-ring (bicyclic) bond motifs is 1. The van der Waals surface area contributed by atoms with Crippen molar-refractivity contribution >= 4 is 16.9 Å². The van der Waals surface area contributed by atoms with Crippen molar-refractivity contribution in [3.8, 4) is 0 Å². The standard InChI is InChI=1S/C20H23N3O/c1-3-16(17-9-5-4-6-10-17)13-21-20(24)15(2)23-14-22-18-11-7-8-12-19(18)23/h4-12,14-16H,3,13H2,1-2H3,(H,21,24). The summed E-state index contributed by atoms with van der Waals surface area (Å²) in [5.41, 5.74) is 3.16. The summed E-state index contributed by atoms with van der Waals surface area (Å²) in [4.78, 5) is 16.9. The lowest BCUT2D eigenvalue weighted by Gasteiger charge is -2.19. The highest BCUT2D eigenvalue weighted by atomic mass is 16.2. The zero-order valence-electron chi connectivity index (χ0n) is 14.1. The van der Waals surface area contributed by atoms with E-state index in [1.54, 1.807) is 6.33 Å². The molecule has 0 fully saturated rings. The maximum atomic E-state index is 12.6. The van der Waals surface area contributed by atoms with Crippen LogP contribution in [0.4, 0.5) is 0 Å². The second-order valence-electron chi connectivity index (χ2n) is 6.08. The predicted octanol–water partition coefficient (Wildman–Crippen LogP) is 3.91. The Balaban J connectivity index is 1.68. The van der Waals surface area contributed by atoms with Gasteiger partial charge in [0.15, 0.2) is 0 Å². The van der Waals surface area contributed by atoms with Crippen molar-refractivity contribution in [2.24, 2.45) is 0 Å². The van der Waals surface area contributed by atoms with Crippen molar-refractivity contribution in [2.75, 3.05) is 6.54 Å². The Kier molecular flexibility index (Phi) is 4.94. The van der Waals surface area contributed by atoms with E-state index in [4.69, 9.17) is 0 Å². The van der Waals surface area contributed by atoms with E-state index >= 15 is 0 Å². The third-order valence-corrected chi connectivity index (χ3v) is 4.56. The Bertz CT molecular complexity index is 810. The first kappa shape index (κ1) is 16.2. The van der Waals surface area contributed by atoms with Crippen LogP contribution in [-0.4, -0.2) is 22.0 Å². The molecule has 0 saturated carbocycles. The summed E-state index contributed by atoms with van der Waals surface area (Å²) in [6.07, 6.45) is 2.73. The number of imidazole rings is 1. The van der Waals surface area contributed by atoms with Gasteiger partial charge in [-0.1, -0.05) is 49.4 Å². The summed E-state index contributed by atoms with van der Waals surface area (Å²) < 4.78 is 1.92. The number of nitrogens with zero attached hydrogens (tertiary/aromatic N) is 2. The van der Waals surface area contributed by atoms with Crippen molar-refractivity contribution in [3.63, 3.8) is 0 Å². The minimum Gasteiger partial charge on any atom is -0.354 e. The van der Waals surface area contributed by atoms with Gasteiger partial charge in [-0.25, -0.2) is 4.98 Å². The molecule has 0 aliphatic rings. The van der Waals surface area contributed by atoms with Gasteiger partial charge in [-0.2, -0.15) is 0 Å². The van der Waals surface area contributed by atoms with Crippen LogP contribution >= 0.6 is 0 Å². The molecule has 0 spiro atoms. The van der Waals surface area contributed by atoms with Gasteiger partial charge in [0.25, 0.3) is 0 Å². The van der Waals surface area contributed by atoms with E-state index in [0.717, 1.165) is 17.5 Å². The van der Waals surface area contributed by atoms with Crippen molar-refractivity contribution in [1.29, 1.82) is 0 Å². The first-order chi connectivity index (χ1) is 11.7. The molecule has 1 aromatic heterocycles. The van der Waals surface area contributed by atoms with Gasteiger partial charge in [0.05, 0.1) is 17.4 Å². The second-order valence-corrected chi connectivity index (χ2v) is 6.08. The van der Waals surface area contributed by atoms with Crippen molar-refractivity contribution in [1.82, 2.24) is 14.9 Å². The van der Waals surface area contributed by atoms with Gasteiger partial charge < -0.3 is 9.88 Å². The Morgan fingerprint density at radius 3 is 2.58 bits per heavy atom. The minimum atomic E-state index is -0.286.